The summed E-state index contributed by atoms with van der Waals surface area (Å²) in [5.74, 6) is -0.250. The maximum Gasteiger partial charge on any atom is 0.220 e. The molecule has 14 nitrogen and oxygen atoms in total. The third-order valence-electron chi connectivity index (χ3n) is 13.6. The van der Waals surface area contributed by atoms with Gasteiger partial charge >= 0.3 is 0 Å². The Balaban J connectivity index is 1.70. The molecule has 0 spiro atoms. The lowest BCUT2D eigenvalue weighted by atomic mass is 9.97. The second kappa shape index (κ2) is 45.2. The van der Waals surface area contributed by atoms with E-state index in [1.54, 1.807) is 6.08 Å². The van der Waals surface area contributed by atoms with Crippen LogP contribution in [0.25, 0.3) is 0 Å². The van der Waals surface area contributed by atoms with Crippen LogP contribution in [0.3, 0.4) is 0 Å². The molecule has 426 valence electrons. The highest BCUT2D eigenvalue weighted by atomic mass is 16.7. The summed E-state index contributed by atoms with van der Waals surface area (Å²) in [7, 11) is 0. The van der Waals surface area contributed by atoms with Crippen LogP contribution in [0.1, 0.15) is 194 Å². The fourth-order valence-corrected chi connectivity index (χ4v) is 8.94. The number of carbonyl (C=O) groups is 1. The van der Waals surface area contributed by atoms with E-state index in [1.807, 2.05) is 6.08 Å². The van der Waals surface area contributed by atoms with Gasteiger partial charge in [0.25, 0.3) is 0 Å². The lowest BCUT2D eigenvalue weighted by molar-refractivity contribution is -0.359. The molecule has 2 aliphatic heterocycles. The van der Waals surface area contributed by atoms with Crippen molar-refractivity contribution in [1.29, 1.82) is 0 Å². The molecule has 0 aromatic rings. The van der Waals surface area contributed by atoms with Gasteiger partial charge in [0.1, 0.15) is 48.8 Å². The molecule has 2 rings (SSSR count). The summed E-state index contributed by atoms with van der Waals surface area (Å²) in [6.07, 6.45) is 43.4. The quantitative estimate of drug-likeness (QED) is 0.0205. The summed E-state index contributed by atoms with van der Waals surface area (Å²) < 4.78 is 22.7. The van der Waals surface area contributed by atoms with Gasteiger partial charge in [-0.15, -0.1) is 0 Å². The Kier molecular flexibility index (Phi) is 41.1. The van der Waals surface area contributed by atoms with Gasteiger partial charge in [-0.05, 0) is 70.6 Å². The van der Waals surface area contributed by atoms with Crippen molar-refractivity contribution in [2.24, 2.45) is 0 Å². The molecule has 0 radical (unpaired) electrons. The van der Waals surface area contributed by atoms with Crippen molar-refractivity contribution in [2.75, 3.05) is 19.8 Å². The fourth-order valence-electron chi connectivity index (χ4n) is 8.94. The topological polar surface area (TPSA) is 228 Å². The standard InChI is InChI=1S/C60H103NO13/c1-3-5-7-9-11-13-15-16-17-18-19-20-21-22-23-24-25-26-27-28-29-30-31-32-34-36-38-40-42-44-52(65)61-48(49(64)43-41-39-37-35-33-14-12-10-8-6-4-2)47-71-59-57(70)55(68)58(51(46-63)73-59)74-60-56(69)54(67)53(66)50(45-62)72-60/h5,7,11,13,16-17,19-20,22-23,25-26,41,43,48-51,53-60,62-64,66-70H,3-4,6,8-10,12,14-15,18,21,24,27-40,42,44-47H2,1-2H3,(H,61,65)/b7-5-,13-11-,17-16-,20-19-,23-22-,26-25-,43-41+. The van der Waals surface area contributed by atoms with Crippen LogP contribution in [-0.4, -0.2) is 140 Å². The third-order valence-corrected chi connectivity index (χ3v) is 13.6. The van der Waals surface area contributed by atoms with E-state index in [1.165, 1.54) is 83.5 Å². The van der Waals surface area contributed by atoms with Crippen LogP contribution in [0.4, 0.5) is 0 Å². The number of aliphatic hydroxyl groups is 8. The zero-order valence-corrected chi connectivity index (χ0v) is 45.6. The number of nitrogens with one attached hydrogen (secondary N) is 1. The van der Waals surface area contributed by atoms with E-state index < -0.39 is 86.8 Å². The minimum absolute atomic E-state index is 0.250. The average molecular weight is 1050 g/mol. The van der Waals surface area contributed by atoms with Crippen molar-refractivity contribution in [3.63, 3.8) is 0 Å². The molecule has 0 aliphatic carbocycles. The maximum atomic E-state index is 13.2. The van der Waals surface area contributed by atoms with Crippen molar-refractivity contribution in [1.82, 2.24) is 5.32 Å². The molecular weight excluding hydrogens is 943 g/mol. The minimum Gasteiger partial charge on any atom is -0.394 e. The van der Waals surface area contributed by atoms with E-state index >= 15 is 0 Å². The largest absolute Gasteiger partial charge is 0.394 e. The number of hydrogen-bond donors (Lipinski definition) is 9. The lowest BCUT2D eigenvalue weighted by Crippen LogP contribution is -2.65. The van der Waals surface area contributed by atoms with Gasteiger partial charge in [-0.3, -0.25) is 4.79 Å². The molecule has 2 aliphatic rings. The summed E-state index contributed by atoms with van der Waals surface area (Å²) in [4.78, 5) is 13.2. The van der Waals surface area contributed by atoms with Crippen LogP contribution in [0, 0.1) is 0 Å². The number of allylic oxidation sites excluding steroid dienone is 13. The first kappa shape index (κ1) is 67.3. The molecule has 2 saturated heterocycles. The molecule has 12 atom stereocenters. The van der Waals surface area contributed by atoms with Gasteiger partial charge < -0.3 is 65.1 Å². The van der Waals surface area contributed by atoms with Crippen molar-refractivity contribution >= 4 is 5.91 Å². The van der Waals surface area contributed by atoms with E-state index in [-0.39, 0.29) is 18.9 Å². The number of hydrogen-bond acceptors (Lipinski definition) is 13. The molecule has 9 N–H and O–H groups in total. The Labute approximate surface area is 446 Å². The highest BCUT2D eigenvalue weighted by Crippen LogP contribution is 2.30. The molecule has 1 amide bonds. The van der Waals surface area contributed by atoms with Crippen molar-refractivity contribution in [3.05, 3.63) is 85.1 Å². The SMILES string of the molecule is CC/C=C\C/C=C\C/C=C\C/C=C\C/C=C\C/C=C\CCCCCCCCCCCCC(=O)NC(COC1OC(CO)C(OC2OC(CO)C(O)C(O)C2O)C(O)C1O)C(O)/C=C/CCCCCCCCCCC. The average Bonchev–Trinajstić information content (AvgIpc) is 3.40. The Bertz CT molecular complexity index is 1560. The predicted octanol–water partition coefficient (Wildman–Crippen LogP) is 9.33. The summed E-state index contributed by atoms with van der Waals surface area (Å²) in [6.45, 7) is 2.64. The molecule has 0 aromatic heterocycles. The van der Waals surface area contributed by atoms with Gasteiger partial charge in [-0.1, -0.05) is 202 Å². The van der Waals surface area contributed by atoms with E-state index in [0.717, 1.165) is 83.5 Å². The smallest absolute Gasteiger partial charge is 0.220 e. The van der Waals surface area contributed by atoms with Gasteiger partial charge in [0, 0.05) is 6.42 Å². The molecule has 2 fully saturated rings. The van der Waals surface area contributed by atoms with Gasteiger partial charge in [0.15, 0.2) is 12.6 Å². The normalized spacial score (nSPS) is 25.9. The number of aliphatic hydroxyl groups excluding tert-OH is 8. The summed E-state index contributed by atoms with van der Waals surface area (Å²) in [5.41, 5.74) is 0. The van der Waals surface area contributed by atoms with Crippen molar-refractivity contribution < 1.29 is 64.6 Å². The number of carbonyl (C=O) groups excluding carboxylic acids is 1. The van der Waals surface area contributed by atoms with Gasteiger partial charge in [-0.25, -0.2) is 0 Å². The van der Waals surface area contributed by atoms with Crippen LogP contribution in [0.15, 0.2) is 85.1 Å². The van der Waals surface area contributed by atoms with Gasteiger partial charge in [0.2, 0.25) is 5.91 Å². The summed E-state index contributed by atoms with van der Waals surface area (Å²) in [6, 6.07) is -0.920. The van der Waals surface area contributed by atoms with E-state index in [0.29, 0.717) is 6.42 Å². The second-order valence-electron chi connectivity index (χ2n) is 20.0. The van der Waals surface area contributed by atoms with Crippen LogP contribution in [-0.2, 0) is 23.7 Å². The first-order chi connectivity index (χ1) is 36.1. The summed E-state index contributed by atoms with van der Waals surface area (Å²) in [5, 5.41) is 86.9. The van der Waals surface area contributed by atoms with Gasteiger partial charge in [0.05, 0.1) is 32.0 Å². The Morgan fingerprint density at radius 3 is 1.43 bits per heavy atom. The molecule has 0 aromatic carbocycles. The van der Waals surface area contributed by atoms with Crippen LogP contribution in [0.2, 0.25) is 0 Å². The van der Waals surface area contributed by atoms with E-state index in [9.17, 15) is 45.6 Å². The highest BCUT2D eigenvalue weighted by Gasteiger charge is 2.51. The number of ether oxygens (including phenoxy) is 4. The monoisotopic (exact) mass is 1050 g/mol. The van der Waals surface area contributed by atoms with Crippen LogP contribution < -0.4 is 5.32 Å². The maximum absolute atomic E-state index is 13.2. The van der Waals surface area contributed by atoms with E-state index in [2.05, 4.69) is 92.1 Å². The molecule has 2 heterocycles. The fraction of sp³-hybridized carbons (Fsp3) is 0.750. The summed E-state index contributed by atoms with van der Waals surface area (Å²) >= 11 is 0. The number of amides is 1. The van der Waals surface area contributed by atoms with Crippen LogP contribution in [0.5, 0.6) is 0 Å². The van der Waals surface area contributed by atoms with Crippen molar-refractivity contribution in [3.8, 4) is 0 Å². The second-order valence-corrected chi connectivity index (χ2v) is 20.0. The third kappa shape index (κ3) is 30.8. The number of unbranched alkanes of at least 4 members (excludes halogenated alkanes) is 19. The lowest BCUT2D eigenvalue weighted by Gasteiger charge is -2.46. The minimum atomic E-state index is -1.79. The van der Waals surface area contributed by atoms with Crippen molar-refractivity contribution in [2.45, 2.75) is 267 Å². The Hall–Kier alpha value is -2.83. The molecule has 12 unspecified atom stereocenters. The predicted molar refractivity (Wildman–Crippen MR) is 295 cm³/mol. The molecule has 0 bridgehead atoms. The molecule has 0 saturated carbocycles. The van der Waals surface area contributed by atoms with Crippen LogP contribution >= 0.6 is 0 Å². The first-order valence-corrected chi connectivity index (χ1v) is 28.8. The number of rotatable bonds is 44. The van der Waals surface area contributed by atoms with Gasteiger partial charge in [-0.2, -0.15) is 0 Å². The Morgan fingerprint density at radius 2 is 0.932 bits per heavy atom. The highest BCUT2D eigenvalue weighted by molar-refractivity contribution is 5.76. The Morgan fingerprint density at radius 1 is 0.500 bits per heavy atom. The zero-order chi connectivity index (χ0) is 53.9. The van der Waals surface area contributed by atoms with E-state index in [4.69, 9.17) is 18.9 Å². The molecular formula is C60H103NO13. The first-order valence-electron chi connectivity index (χ1n) is 28.8. The molecule has 74 heavy (non-hydrogen) atoms. The zero-order valence-electron chi connectivity index (χ0n) is 45.6. The molecule has 14 heteroatoms.